The number of nitrogens with one attached hydrogen (secondary N) is 1. The topological polar surface area (TPSA) is 21.3 Å². The van der Waals surface area contributed by atoms with Crippen LogP contribution in [-0.2, 0) is 11.6 Å². The Morgan fingerprint density at radius 2 is 1.93 bits per heavy atom. The van der Waals surface area contributed by atoms with Crippen molar-refractivity contribution in [2.45, 2.75) is 31.5 Å². The van der Waals surface area contributed by atoms with Gasteiger partial charge >= 0.3 is 6.18 Å². The molecule has 2 aromatic rings. The van der Waals surface area contributed by atoms with Gasteiger partial charge in [-0.05, 0) is 35.2 Å². The molecule has 3 aliphatic heterocycles. The summed E-state index contributed by atoms with van der Waals surface area (Å²) in [5.74, 6) is 1.94. The van der Waals surface area contributed by atoms with Crippen molar-refractivity contribution in [1.29, 1.82) is 0 Å². The van der Waals surface area contributed by atoms with E-state index in [9.17, 15) is 13.2 Å². The number of halogens is 3. The minimum Gasteiger partial charge on any atom is -0.488 e. The van der Waals surface area contributed by atoms with E-state index in [1.165, 1.54) is 22.6 Å². The Morgan fingerprint density at radius 1 is 1.14 bits per heavy atom. The molecule has 28 heavy (non-hydrogen) atoms. The third kappa shape index (κ3) is 2.57. The van der Waals surface area contributed by atoms with Gasteiger partial charge in [0.15, 0.2) is 0 Å². The smallest absolute Gasteiger partial charge is 0.416 e. The van der Waals surface area contributed by atoms with Gasteiger partial charge in [0.2, 0.25) is 0 Å². The van der Waals surface area contributed by atoms with Crippen LogP contribution in [0.2, 0.25) is 0 Å². The number of anilines is 1. The Labute approximate surface area is 166 Å². The van der Waals surface area contributed by atoms with E-state index in [1.54, 1.807) is 17.8 Å². The average molecular weight is 403 g/mol. The molecule has 6 heteroatoms. The Bertz CT molecular complexity index is 996. The molecule has 5 rings (SSSR count). The van der Waals surface area contributed by atoms with Crippen molar-refractivity contribution in [3.8, 4) is 5.75 Å². The second-order valence-corrected chi connectivity index (χ2v) is 9.19. The lowest BCUT2D eigenvalue weighted by Gasteiger charge is -2.50. The number of ether oxygens (including phenoxy) is 1. The lowest BCUT2D eigenvalue weighted by atomic mass is 9.66. The lowest BCUT2D eigenvalue weighted by Crippen LogP contribution is -2.51. The van der Waals surface area contributed by atoms with Crippen molar-refractivity contribution < 1.29 is 17.9 Å². The van der Waals surface area contributed by atoms with E-state index in [0.717, 1.165) is 28.3 Å². The van der Waals surface area contributed by atoms with E-state index in [1.807, 2.05) is 18.2 Å². The molecule has 3 heterocycles. The highest BCUT2D eigenvalue weighted by Crippen LogP contribution is 2.54. The molecule has 2 aromatic carbocycles. The molecule has 0 radical (unpaired) electrons. The van der Waals surface area contributed by atoms with Crippen LogP contribution in [0.15, 0.2) is 48.0 Å². The highest BCUT2D eigenvalue weighted by Gasteiger charge is 2.48. The first-order valence-electron chi connectivity index (χ1n) is 9.33. The second kappa shape index (κ2) is 5.96. The monoisotopic (exact) mass is 403 g/mol. The molecular weight excluding hydrogens is 383 g/mol. The molecule has 0 saturated carbocycles. The van der Waals surface area contributed by atoms with Crippen LogP contribution in [0.4, 0.5) is 18.9 Å². The van der Waals surface area contributed by atoms with Gasteiger partial charge in [-0.3, -0.25) is 0 Å². The number of alkyl halides is 3. The number of para-hydroxylation sites is 1. The summed E-state index contributed by atoms with van der Waals surface area (Å²) in [5.41, 5.74) is 2.89. The first kappa shape index (κ1) is 18.0. The van der Waals surface area contributed by atoms with Crippen molar-refractivity contribution in [3.63, 3.8) is 0 Å². The van der Waals surface area contributed by atoms with Crippen molar-refractivity contribution in [3.05, 3.63) is 64.7 Å². The first-order chi connectivity index (χ1) is 13.3. The van der Waals surface area contributed by atoms with Crippen molar-refractivity contribution >= 4 is 22.4 Å². The van der Waals surface area contributed by atoms with Gasteiger partial charge in [0.05, 0.1) is 11.6 Å². The molecule has 2 unspecified atom stereocenters. The van der Waals surface area contributed by atoms with Gasteiger partial charge in [0, 0.05) is 33.4 Å². The molecule has 0 saturated heterocycles. The summed E-state index contributed by atoms with van der Waals surface area (Å²) in [6, 6.07) is 12.2. The summed E-state index contributed by atoms with van der Waals surface area (Å²) >= 11 is 1.80. The number of hydrogen-bond donors (Lipinski definition) is 1. The maximum Gasteiger partial charge on any atom is 0.416 e. The summed E-state index contributed by atoms with van der Waals surface area (Å²) in [7, 11) is 0. The minimum absolute atomic E-state index is 0.0591. The SMILES string of the molecule is CC1(C)c2cc(C(F)(F)F)ccc2NC2C3=C(SCC21)c1ccccc1OC3. The molecule has 146 valence electrons. The maximum atomic E-state index is 13.3. The van der Waals surface area contributed by atoms with E-state index in [-0.39, 0.29) is 17.4 Å². The van der Waals surface area contributed by atoms with E-state index in [2.05, 4.69) is 25.2 Å². The standard InChI is InChI=1S/C22H20F3NOS/c1-21(2)15-9-12(22(23,24)25)7-8-17(15)26-19-14-10-27-18-6-4-3-5-13(18)20(14)28-11-16(19)21/h3-9,16,19,26H,10-11H2,1-2H3. The molecule has 0 aromatic heterocycles. The largest absolute Gasteiger partial charge is 0.488 e. The van der Waals surface area contributed by atoms with Crippen LogP contribution in [0, 0.1) is 5.92 Å². The van der Waals surface area contributed by atoms with Gasteiger partial charge in [-0.2, -0.15) is 13.2 Å². The predicted molar refractivity (Wildman–Crippen MR) is 107 cm³/mol. The van der Waals surface area contributed by atoms with Gasteiger partial charge < -0.3 is 10.1 Å². The predicted octanol–water partition coefficient (Wildman–Crippen LogP) is 5.94. The quantitative estimate of drug-likeness (QED) is 0.588. The lowest BCUT2D eigenvalue weighted by molar-refractivity contribution is -0.137. The summed E-state index contributed by atoms with van der Waals surface area (Å²) < 4.78 is 45.8. The summed E-state index contributed by atoms with van der Waals surface area (Å²) in [6.07, 6.45) is -4.33. The van der Waals surface area contributed by atoms with Crippen LogP contribution in [0.25, 0.3) is 4.91 Å². The van der Waals surface area contributed by atoms with Crippen molar-refractivity contribution in [2.75, 3.05) is 17.7 Å². The number of fused-ring (bicyclic) bond motifs is 5. The molecule has 1 N–H and O–H groups in total. The summed E-state index contributed by atoms with van der Waals surface area (Å²) in [6.45, 7) is 4.64. The van der Waals surface area contributed by atoms with Gasteiger partial charge in [-0.1, -0.05) is 32.0 Å². The molecule has 2 nitrogen and oxygen atoms in total. The van der Waals surface area contributed by atoms with Gasteiger partial charge in [0.25, 0.3) is 0 Å². The molecule has 0 spiro atoms. The van der Waals surface area contributed by atoms with E-state index < -0.39 is 11.7 Å². The van der Waals surface area contributed by atoms with E-state index in [0.29, 0.717) is 6.61 Å². The van der Waals surface area contributed by atoms with Gasteiger partial charge in [-0.15, -0.1) is 11.8 Å². The molecule has 3 aliphatic rings. The Morgan fingerprint density at radius 3 is 2.71 bits per heavy atom. The zero-order valence-electron chi connectivity index (χ0n) is 15.6. The first-order valence-corrected chi connectivity index (χ1v) is 10.3. The van der Waals surface area contributed by atoms with Crippen LogP contribution in [-0.4, -0.2) is 18.4 Å². The number of benzene rings is 2. The minimum atomic E-state index is -4.33. The zero-order valence-corrected chi connectivity index (χ0v) is 16.4. The summed E-state index contributed by atoms with van der Waals surface area (Å²) in [4.78, 5) is 1.25. The number of rotatable bonds is 0. The van der Waals surface area contributed by atoms with Gasteiger partial charge in [0.1, 0.15) is 12.4 Å². The fraction of sp³-hybridized carbons (Fsp3) is 0.364. The Hall–Kier alpha value is -2.08. The molecule has 2 atom stereocenters. The molecule has 0 fully saturated rings. The van der Waals surface area contributed by atoms with Crippen LogP contribution < -0.4 is 10.1 Å². The molecule has 0 bridgehead atoms. The molecule has 0 aliphatic carbocycles. The Balaban J connectivity index is 1.61. The summed E-state index contributed by atoms with van der Waals surface area (Å²) in [5, 5.41) is 3.54. The fourth-order valence-electron chi connectivity index (χ4n) is 4.65. The van der Waals surface area contributed by atoms with Gasteiger partial charge in [-0.25, -0.2) is 0 Å². The normalized spacial score (nSPS) is 24.9. The average Bonchev–Trinajstić information content (AvgIpc) is 2.66. The van der Waals surface area contributed by atoms with Crippen LogP contribution in [0.1, 0.15) is 30.5 Å². The number of hydrogen-bond acceptors (Lipinski definition) is 3. The number of thioether (sulfide) groups is 1. The van der Waals surface area contributed by atoms with Crippen LogP contribution in [0.5, 0.6) is 5.75 Å². The van der Waals surface area contributed by atoms with E-state index in [4.69, 9.17) is 4.74 Å². The van der Waals surface area contributed by atoms with Crippen molar-refractivity contribution in [2.24, 2.45) is 5.92 Å². The van der Waals surface area contributed by atoms with Crippen molar-refractivity contribution in [1.82, 2.24) is 0 Å². The Kier molecular flexibility index (Phi) is 3.83. The van der Waals surface area contributed by atoms with Crippen LogP contribution >= 0.6 is 11.8 Å². The fourth-order valence-corrected chi connectivity index (χ4v) is 6.30. The molecular formula is C22H20F3NOS. The highest BCUT2D eigenvalue weighted by molar-refractivity contribution is 8.08. The maximum absolute atomic E-state index is 13.3. The molecule has 0 amide bonds. The highest BCUT2D eigenvalue weighted by atomic mass is 32.2. The third-order valence-electron chi connectivity index (χ3n) is 6.27. The van der Waals surface area contributed by atoms with Crippen LogP contribution in [0.3, 0.4) is 0 Å². The second-order valence-electron chi connectivity index (χ2n) is 8.16. The third-order valence-corrected chi connectivity index (χ3v) is 7.57. The van der Waals surface area contributed by atoms with E-state index >= 15 is 0 Å². The zero-order chi connectivity index (χ0) is 19.7.